The fourth-order valence-corrected chi connectivity index (χ4v) is 13.1. The van der Waals surface area contributed by atoms with Crippen LogP contribution in [0.25, 0.3) is 0 Å². The summed E-state index contributed by atoms with van der Waals surface area (Å²) in [4.78, 5) is 38.3. The van der Waals surface area contributed by atoms with Gasteiger partial charge >= 0.3 is 18.0 Å². The molecule has 1 amide bonds. The molecule has 5 saturated carbocycles. The zero-order chi connectivity index (χ0) is 36.3. The fraction of sp³-hybridized carbons (Fsp3) is 0.881. The lowest BCUT2D eigenvalue weighted by atomic mass is 9.34. The lowest BCUT2D eigenvalue weighted by Gasteiger charge is -2.71. The topological polar surface area (TPSA) is 102 Å². The Morgan fingerprint density at radius 2 is 1.55 bits per heavy atom. The van der Waals surface area contributed by atoms with Crippen LogP contribution in [0, 0.1) is 63.1 Å². The van der Waals surface area contributed by atoms with Crippen LogP contribution in [-0.2, 0) is 19.1 Å². The average Bonchev–Trinajstić information content (AvgIpc) is 3.41. The molecule has 7 nitrogen and oxygen atoms in total. The van der Waals surface area contributed by atoms with E-state index in [-0.39, 0.29) is 51.8 Å². The smallest absolute Gasteiger partial charge is 0.407 e. The predicted molar refractivity (Wildman–Crippen MR) is 194 cm³/mol. The van der Waals surface area contributed by atoms with Gasteiger partial charge in [-0.05, 0) is 151 Å². The normalized spacial score (nSPS) is 43.4. The molecular formula is C42H69NO6. The molecule has 0 heterocycles. The number of aliphatic carboxylic acids is 1. The van der Waals surface area contributed by atoms with Gasteiger partial charge in [-0.25, -0.2) is 4.79 Å². The minimum Gasteiger partial charge on any atom is -0.481 e. The maximum atomic E-state index is 13.5. The molecule has 0 aromatic heterocycles. The van der Waals surface area contributed by atoms with Gasteiger partial charge in [-0.1, -0.05) is 60.1 Å². The molecule has 0 aromatic carbocycles. The molecule has 3 unspecified atom stereocenters. The first-order chi connectivity index (χ1) is 22.7. The van der Waals surface area contributed by atoms with Crippen LogP contribution >= 0.6 is 0 Å². The van der Waals surface area contributed by atoms with E-state index < -0.39 is 17.5 Å². The number of rotatable bonds is 7. The summed E-state index contributed by atoms with van der Waals surface area (Å²) in [5.74, 6) is 0.497. The Labute approximate surface area is 297 Å². The van der Waals surface area contributed by atoms with Gasteiger partial charge in [-0.15, -0.1) is 0 Å². The minimum absolute atomic E-state index is 0.0819. The highest BCUT2D eigenvalue weighted by atomic mass is 16.6. The molecule has 0 aliphatic heterocycles. The summed E-state index contributed by atoms with van der Waals surface area (Å²) in [5, 5.41) is 12.9. The van der Waals surface area contributed by atoms with Gasteiger partial charge in [0.1, 0.15) is 11.7 Å². The Hall–Kier alpha value is -2.05. The maximum Gasteiger partial charge on any atom is 0.407 e. The van der Waals surface area contributed by atoms with Crippen LogP contribution in [0.5, 0.6) is 0 Å². The monoisotopic (exact) mass is 684 g/mol. The number of hydrogen-bond acceptors (Lipinski definition) is 5. The van der Waals surface area contributed by atoms with Crippen molar-refractivity contribution >= 4 is 18.0 Å². The number of carboxylic acids is 1. The number of hydrogen-bond donors (Lipinski definition) is 2. The van der Waals surface area contributed by atoms with Crippen molar-refractivity contribution in [3.05, 3.63) is 12.2 Å². The molecule has 5 aliphatic carbocycles. The molecule has 5 aliphatic rings. The standard InChI is InChI=1S/C42H69NO6/c1-12-41(10)29(34-28(25(2)3)16-18-30(34)43-37(47)49-38(4,5)6)17-19-32-40(9)22-21-33(39(7,8)31(40)20-23-42(32,41)11)48-36(46)27-15-13-14-26(24-27)35(44)45/h26-34H,2,12-24H2,1,3-11H3,(H,43,47)(H,44,45)/t26-,27+,28?,29-,30-,31+,32-,33+,34-,40?,41-,42?/m1/s1. The highest BCUT2D eigenvalue weighted by Gasteiger charge is 2.68. The van der Waals surface area contributed by atoms with Gasteiger partial charge in [0.25, 0.3) is 0 Å². The number of carbonyl (C=O) groups is 3. The van der Waals surface area contributed by atoms with E-state index in [1.54, 1.807) is 0 Å². The summed E-state index contributed by atoms with van der Waals surface area (Å²) in [5.41, 5.74) is 0.910. The predicted octanol–water partition coefficient (Wildman–Crippen LogP) is 9.97. The number of carbonyl (C=O) groups excluding carboxylic acids is 2. The SMILES string of the molecule is C=C(C)C1CC[C@@H](NC(=O)OC(C)(C)C)[C@H]1[C@H]1CC[C@@H]2C3(C)CC[C@H](OC(=O)[C@H]4CCC[C@@H](C(=O)O)C4)C(C)(C)[C@@H]3CCC2(C)[C@]1(C)CC. The Balaban J connectivity index is 1.38. The van der Waals surface area contributed by atoms with E-state index in [9.17, 15) is 19.5 Å². The lowest BCUT2D eigenvalue weighted by Crippen LogP contribution is -2.65. The first-order valence-electron chi connectivity index (χ1n) is 19.8. The molecule has 278 valence electrons. The van der Waals surface area contributed by atoms with E-state index >= 15 is 0 Å². The highest BCUT2D eigenvalue weighted by molar-refractivity contribution is 5.75. The van der Waals surface area contributed by atoms with Gasteiger partial charge in [0.2, 0.25) is 0 Å². The van der Waals surface area contributed by atoms with Gasteiger partial charge in [0.05, 0.1) is 11.8 Å². The second-order valence-electron chi connectivity index (χ2n) is 19.6. The van der Waals surface area contributed by atoms with Crippen LogP contribution < -0.4 is 5.32 Å². The van der Waals surface area contributed by atoms with E-state index in [2.05, 4.69) is 60.4 Å². The summed E-state index contributed by atoms with van der Waals surface area (Å²) in [6.07, 6.45) is 11.8. The van der Waals surface area contributed by atoms with Crippen LogP contribution in [0.15, 0.2) is 12.2 Å². The molecule has 7 heteroatoms. The molecule has 0 saturated heterocycles. The highest BCUT2D eigenvalue weighted by Crippen LogP contribution is 2.74. The zero-order valence-electron chi connectivity index (χ0n) is 32.6. The van der Waals surface area contributed by atoms with Crippen molar-refractivity contribution in [3.8, 4) is 0 Å². The molecule has 0 aromatic rings. The van der Waals surface area contributed by atoms with E-state index in [1.807, 2.05) is 20.8 Å². The third-order valence-corrected chi connectivity index (χ3v) is 15.7. The molecule has 0 spiro atoms. The van der Waals surface area contributed by atoms with Crippen molar-refractivity contribution in [1.82, 2.24) is 5.32 Å². The number of nitrogens with one attached hydrogen (secondary N) is 1. The molecule has 49 heavy (non-hydrogen) atoms. The van der Waals surface area contributed by atoms with E-state index in [0.717, 1.165) is 64.2 Å². The number of fused-ring (bicyclic) bond motifs is 3. The number of ether oxygens (including phenoxy) is 2. The molecule has 5 rings (SSSR count). The number of esters is 1. The van der Waals surface area contributed by atoms with Crippen molar-refractivity contribution in [2.75, 3.05) is 0 Å². The fourth-order valence-electron chi connectivity index (χ4n) is 13.1. The quantitative estimate of drug-likeness (QED) is 0.205. The van der Waals surface area contributed by atoms with E-state index in [0.29, 0.717) is 42.4 Å². The molecule has 0 bridgehead atoms. The van der Waals surface area contributed by atoms with Crippen molar-refractivity contribution in [3.63, 3.8) is 0 Å². The number of allylic oxidation sites excluding steroid dienone is 1. The summed E-state index contributed by atoms with van der Waals surface area (Å²) >= 11 is 0. The number of amides is 1. The van der Waals surface area contributed by atoms with Gasteiger partial charge < -0.3 is 19.9 Å². The minimum atomic E-state index is -0.789. The Morgan fingerprint density at radius 3 is 2.16 bits per heavy atom. The molecule has 0 radical (unpaired) electrons. The number of carboxylic acid groups (broad SMARTS) is 1. The Kier molecular flexibility index (Phi) is 10.5. The number of alkyl carbamates (subject to hydrolysis) is 1. The molecule has 12 atom stereocenters. The Morgan fingerprint density at radius 1 is 0.878 bits per heavy atom. The largest absolute Gasteiger partial charge is 0.481 e. The van der Waals surface area contributed by atoms with Crippen molar-refractivity contribution in [2.24, 2.45) is 63.1 Å². The van der Waals surface area contributed by atoms with Gasteiger partial charge in [0, 0.05) is 11.5 Å². The van der Waals surface area contributed by atoms with Crippen molar-refractivity contribution in [1.29, 1.82) is 0 Å². The van der Waals surface area contributed by atoms with Crippen LogP contribution in [0.1, 0.15) is 153 Å². The first kappa shape index (κ1) is 38.2. The Bertz CT molecular complexity index is 1280. The van der Waals surface area contributed by atoms with Gasteiger partial charge in [0.15, 0.2) is 0 Å². The van der Waals surface area contributed by atoms with Crippen LogP contribution in [-0.4, -0.2) is 40.9 Å². The summed E-state index contributed by atoms with van der Waals surface area (Å²) < 4.78 is 12.2. The van der Waals surface area contributed by atoms with Crippen LogP contribution in [0.2, 0.25) is 0 Å². The summed E-state index contributed by atoms with van der Waals surface area (Å²) in [7, 11) is 0. The third kappa shape index (κ3) is 6.72. The molecule has 2 N–H and O–H groups in total. The zero-order valence-corrected chi connectivity index (χ0v) is 32.6. The van der Waals surface area contributed by atoms with Crippen LogP contribution in [0.4, 0.5) is 4.79 Å². The molecular weight excluding hydrogens is 614 g/mol. The second-order valence-corrected chi connectivity index (χ2v) is 19.6. The van der Waals surface area contributed by atoms with Crippen molar-refractivity contribution in [2.45, 2.75) is 170 Å². The third-order valence-electron chi connectivity index (χ3n) is 15.7. The van der Waals surface area contributed by atoms with Gasteiger partial charge in [-0.3, -0.25) is 9.59 Å². The van der Waals surface area contributed by atoms with Gasteiger partial charge in [-0.2, -0.15) is 0 Å². The first-order valence-corrected chi connectivity index (χ1v) is 19.8. The summed E-state index contributed by atoms with van der Waals surface area (Å²) in [6, 6.07) is 0.0819. The molecule has 5 fully saturated rings. The van der Waals surface area contributed by atoms with Crippen LogP contribution in [0.3, 0.4) is 0 Å². The summed E-state index contributed by atoms with van der Waals surface area (Å²) in [6.45, 7) is 27.3. The van der Waals surface area contributed by atoms with E-state index in [4.69, 9.17) is 9.47 Å². The maximum absolute atomic E-state index is 13.5. The average molecular weight is 684 g/mol. The second kappa shape index (κ2) is 13.5. The van der Waals surface area contributed by atoms with Crippen molar-refractivity contribution < 1.29 is 29.0 Å². The van der Waals surface area contributed by atoms with E-state index in [1.165, 1.54) is 12.0 Å². The lowest BCUT2D eigenvalue weighted by molar-refractivity contribution is -0.236.